The van der Waals surface area contributed by atoms with Gasteiger partial charge in [0.25, 0.3) is 0 Å². The highest BCUT2D eigenvalue weighted by molar-refractivity contribution is 5.97. The number of carbonyl (C=O) groups excluding carboxylic acids is 4. The van der Waals surface area contributed by atoms with Crippen LogP contribution >= 0.6 is 0 Å². The Morgan fingerprint density at radius 3 is 2.10 bits per heavy atom. The van der Waals surface area contributed by atoms with E-state index in [-0.39, 0.29) is 12.8 Å². The number of carboxylic acid groups (broad SMARTS) is 2. The number of carboxylic acids is 2. The van der Waals surface area contributed by atoms with Crippen molar-refractivity contribution in [1.29, 1.82) is 0 Å². The van der Waals surface area contributed by atoms with Crippen LogP contribution in [0.2, 0.25) is 0 Å². The lowest BCUT2D eigenvalue weighted by Gasteiger charge is -2.24. The largest absolute Gasteiger partial charge is 0.481 e. The van der Waals surface area contributed by atoms with Gasteiger partial charge in [-0.05, 0) is 31.0 Å². The Morgan fingerprint density at radius 2 is 1.48 bits per heavy atom. The number of hydrogen-bond donors (Lipinski definition) is 9. The van der Waals surface area contributed by atoms with Crippen molar-refractivity contribution in [3.05, 3.63) is 36.0 Å². The minimum atomic E-state index is -1.78. The Balaban J connectivity index is 2.30. The molecule has 1 aromatic heterocycles. The fourth-order valence-corrected chi connectivity index (χ4v) is 3.98. The summed E-state index contributed by atoms with van der Waals surface area (Å²) in [5.74, 6) is -6.63. The number of carbonyl (C=O) groups is 6. The van der Waals surface area contributed by atoms with Gasteiger partial charge in [0.1, 0.15) is 18.1 Å². The van der Waals surface area contributed by atoms with Crippen LogP contribution in [0.1, 0.15) is 37.7 Å². The van der Waals surface area contributed by atoms with E-state index >= 15 is 0 Å². The normalized spacial score (nSPS) is 13.9. The van der Waals surface area contributed by atoms with Crippen LogP contribution in [0.25, 0.3) is 10.9 Å². The van der Waals surface area contributed by atoms with Crippen molar-refractivity contribution in [1.82, 2.24) is 20.9 Å². The zero-order valence-electron chi connectivity index (χ0n) is 21.7. The molecule has 1 heterocycles. The molecule has 4 unspecified atom stereocenters. The van der Waals surface area contributed by atoms with Crippen LogP contribution in [0.4, 0.5) is 0 Å². The molecule has 15 heteroatoms. The molecule has 0 spiro atoms. The number of primary amides is 1. The summed E-state index contributed by atoms with van der Waals surface area (Å²) < 4.78 is 0. The summed E-state index contributed by atoms with van der Waals surface area (Å²) >= 11 is 0. The molecule has 0 saturated carbocycles. The van der Waals surface area contributed by atoms with E-state index in [1.54, 1.807) is 30.5 Å². The van der Waals surface area contributed by atoms with Gasteiger partial charge < -0.3 is 48.3 Å². The van der Waals surface area contributed by atoms with Crippen LogP contribution < -0.4 is 33.2 Å². The Hall–Kier alpha value is -4.50. The predicted molar refractivity (Wildman–Crippen MR) is 142 cm³/mol. The second-order valence-corrected chi connectivity index (χ2v) is 9.24. The molecular weight excluding hydrogens is 526 g/mol. The average Bonchev–Trinajstić information content (AvgIpc) is 3.29. The molecule has 2 aromatic rings. The summed E-state index contributed by atoms with van der Waals surface area (Å²) in [6.07, 6.45) is 1.42. The lowest BCUT2D eigenvalue weighted by atomic mass is 10.0. The number of unbranched alkanes of at least 4 members (excludes halogenated alkanes) is 1. The van der Waals surface area contributed by atoms with Crippen molar-refractivity contribution in [3.63, 3.8) is 0 Å². The molecule has 0 bridgehead atoms. The van der Waals surface area contributed by atoms with E-state index < -0.39 is 72.6 Å². The molecular formula is C25H35N7O8. The van der Waals surface area contributed by atoms with Crippen molar-refractivity contribution < 1.29 is 39.0 Å². The molecule has 4 amide bonds. The number of benzene rings is 1. The first-order chi connectivity index (χ1) is 18.9. The van der Waals surface area contributed by atoms with Gasteiger partial charge in [-0.2, -0.15) is 0 Å². The third kappa shape index (κ3) is 9.67. The molecule has 1 aromatic carbocycles. The summed E-state index contributed by atoms with van der Waals surface area (Å²) in [5, 5.41) is 26.0. The topological polar surface area (TPSA) is 273 Å². The summed E-state index contributed by atoms with van der Waals surface area (Å²) in [7, 11) is 0. The first-order valence-corrected chi connectivity index (χ1v) is 12.6. The fraction of sp³-hybridized carbons (Fsp3) is 0.440. The number of para-hydroxylation sites is 1. The fourth-order valence-electron chi connectivity index (χ4n) is 3.98. The number of amides is 4. The summed E-state index contributed by atoms with van der Waals surface area (Å²) in [6.45, 7) is 0.413. The molecule has 0 aliphatic rings. The van der Waals surface area contributed by atoms with Crippen LogP contribution in [0.15, 0.2) is 30.5 Å². The van der Waals surface area contributed by atoms with Crippen LogP contribution in [0.5, 0.6) is 0 Å². The molecule has 15 nitrogen and oxygen atoms in total. The van der Waals surface area contributed by atoms with Crippen LogP contribution in [0.3, 0.4) is 0 Å². The van der Waals surface area contributed by atoms with Crippen molar-refractivity contribution in [2.24, 2.45) is 17.2 Å². The van der Waals surface area contributed by atoms with E-state index in [9.17, 15) is 33.9 Å². The molecule has 0 fully saturated rings. The van der Waals surface area contributed by atoms with Gasteiger partial charge in [-0.1, -0.05) is 24.6 Å². The maximum Gasteiger partial charge on any atom is 0.326 e. The molecule has 0 radical (unpaired) electrons. The van der Waals surface area contributed by atoms with Gasteiger partial charge >= 0.3 is 11.9 Å². The second kappa shape index (κ2) is 15.2. The first kappa shape index (κ1) is 31.7. The van der Waals surface area contributed by atoms with Gasteiger partial charge in [0.2, 0.25) is 23.6 Å². The number of hydrogen-bond acceptors (Lipinski definition) is 8. The van der Waals surface area contributed by atoms with Crippen LogP contribution in [0, 0.1) is 0 Å². The quantitative estimate of drug-likeness (QED) is 0.0963. The van der Waals surface area contributed by atoms with Crippen molar-refractivity contribution in [2.75, 3.05) is 6.54 Å². The van der Waals surface area contributed by atoms with Crippen molar-refractivity contribution >= 4 is 46.5 Å². The minimum Gasteiger partial charge on any atom is -0.481 e. The SMILES string of the molecule is NCCCCC(N)C(=O)NC(CC(N)=O)C(=O)NC(Cc1c[nH]c2ccccc12)C(=O)NC(CC(=O)O)C(=O)O. The molecule has 0 aliphatic heterocycles. The molecule has 12 N–H and O–H groups in total. The van der Waals surface area contributed by atoms with E-state index in [0.717, 1.165) is 10.9 Å². The zero-order chi connectivity index (χ0) is 29.8. The summed E-state index contributed by atoms with van der Waals surface area (Å²) in [4.78, 5) is 76.2. The number of aromatic nitrogens is 1. The molecule has 0 aliphatic carbocycles. The Morgan fingerprint density at radius 1 is 0.850 bits per heavy atom. The third-order valence-electron chi connectivity index (χ3n) is 6.07. The maximum absolute atomic E-state index is 13.2. The van der Waals surface area contributed by atoms with E-state index in [0.29, 0.717) is 24.9 Å². The highest BCUT2D eigenvalue weighted by Gasteiger charge is 2.32. The number of nitrogens with two attached hydrogens (primary N) is 3. The number of fused-ring (bicyclic) bond motifs is 1. The van der Waals surface area contributed by atoms with Gasteiger partial charge in [-0.3, -0.25) is 24.0 Å². The number of nitrogens with one attached hydrogen (secondary N) is 4. The smallest absolute Gasteiger partial charge is 0.326 e. The maximum atomic E-state index is 13.2. The molecule has 40 heavy (non-hydrogen) atoms. The highest BCUT2D eigenvalue weighted by atomic mass is 16.4. The van der Waals surface area contributed by atoms with Gasteiger partial charge in [-0.25, -0.2) is 4.79 Å². The van der Waals surface area contributed by atoms with Crippen molar-refractivity contribution in [3.8, 4) is 0 Å². The lowest BCUT2D eigenvalue weighted by molar-refractivity contribution is -0.147. The minimum absolute atomic E-state index is 0.142. The van der Waals surface area contributed by atoms with Gasteiger partial charge in [-0.15, -0.1) is 0 Å². The highest BCUT2D eigenvalue weighted by Crippen LogP contribution is 2.19. The second-order valence-electron chi connectivity index (χ2n) is 9.24. The van der Waals surface area contributed by atoms with Gasteiger partial charge in [0.05, 0.1) is 18.9 Å². The van der Waals surface area contributed by atoms with E-state index in [4.69, 9.17) is 22.3 Å². The Kier molecular flexibility index (Phi) is 12.0. The third-order valence-corrected chi connectivity index (χ3v) is 6.07. The molecule has 218 valence electrons. The number of aromatic amines is 1. The van der Waals surface area contributed by atoms with Crippen molar-refractivity contribution in [2.45, 2.75) is 62.7 Å². The molecule has 2 rings (SSSR count). The number of aliphatic carboxylic acids is 2. The van der Waals surface area contributed by atoms with E-state index in [1.807, 2.05) is 0 Å². The van der Waals surface area contributed by atoms with Gasteiger partial charge in [0, 0.05) is 23.5 Å². The number of H-pyrrole nitrogens is 1. The van der Waals surface area contributed by atoms with Gasteiger partial charge in [0.15, 0.2) is 0 Å². The summed E-state index contributed by atoms with van der Waals surface area (Å²) in [5.41, 5.74) is 17.9. The lowest BCUT2D eigenvalue weighted by Crippen LogP contribution is -2.58. The van der Waals surface area contributed by atoms with Crippen LogP contribution in [-0.4, -0.2) is 81.5 Å². The molecule has 4 atom stereocenters. The summed E-state index contributed by atoms with van der Waals surface area (Å²) in [6, 6.07) is 1.42. The van der Waals surface area contributed by atoms with E-state index in [2.05, 4.69) is 20.9 Å². The van der Waals surface area contributed by atoms with E-state index in [1.165, 1.54) is 0 Å². The molecule has 0 saturated heterocycles. The monoisotopic (exact) mass is 561 g/mol. The standard InChI is InChI=1S/C25H35N7O8/c26-8-4-3-6-15(27)22(36)30-18(10-20(28)33)24(38)31-17(23(37)32-19(25(39)40)11-21(34)35)9-13-12-29-16-7-2-1-5-14(13)16/h1-2,5,7,12,15,17-19,29H,3-4,6,8-11,26-27H2,(H2,28,33)(H,30,36)(H,31,38)(H,32,37)(H,34,35)(H,39,40). The Labute approximate surface area is 229 Å². The zero-order valence-corrected chi connectivity index (χ0v) is 21.7. The first-order valence-electron chi connectivity index (χ1n) is 12.6. The predicted octanol–water partition coefficient (Wildman–Crippen LogP) is -1.94. The number of rotatable bonds is 17. The average molecular weight is 562 g/mol. The van der Waals surface area contributed by atoms with Crippen LogP contribution in [-0.2, 0) is 35.2 Å². The Bertz CT molecular complexity index is 1230.